The van der Waals surface area contributed by atoms with Crippen LogP contribution in [0, 0.1) is 0 Å². The molecule has 1 aliphatic heterocycles. The van der Waals surface area contributed by atoms with Crippen molar-refractivity contribution in [1.82, 2.24) is 0 Å². The highest BCUT2D eigenvalue weighted by molar-refractivity contribution is 8.14. The molecular formula is C15H21NO10S2. The van der Waals surface area contributed by atoms with Gasteiger partial charge in [-0.2, -0.15) is 8.42 Å². The Morgan fingerprint density at radius 2 is 1.82 bits per heavy atom. The minimum Gasteiger partial charge on any atom is -0.394 e. The summed E-state index contributed by atoms with van der Waals surface area (Å²) in [5.41, 5.74) is -0.793. The molecular weight excluding hydrogens is 418 g/mol. The van der Waals surface area contributed by atoms with Crippen molar-refractivity contribution in [3.05, 3.63) is 35.9 Å². The van der Waals surface area contributed by atoms with Gasteiger partial charge in [0.25, 0.3) is 0 Å². The van der Waals surface area contributed by atoms with Gasteiger partial charge in [0.05, 0.1) is 12.7 Å². The number of ether oxygens (including phenoxy) is 1. The van der Waals surface area contributed by atoms with Gasteiger partial charge < -0.3 is 30.3 Å². The highest BCUT2D eigenvalue weighted by Gasteiger charge is 2.44. The normalized spacial score (nSPS) is 30.1. The van der Waals surface area contributed by atoms with E-state index in [1.165, 1.54) is 0 Å². The number of aliphatic hydroxyl groups is 5. The van der Waals surface area contributed by atoms with Crippen LogP contribution in [-0.2, 0) is 19.4 Å². The van der Waals surface area contributed by atoms with Crippen molar-refractivity contribution < 1.29 is 47.5 Å². The molecule has 6 atom stereocenters. The lowest BCUT2D eigenvalue weighted by atomic mass is 10.0. The van der Waals surface area contributed by atoms with E-state index in [9.17, 15) is 34.0 Å². The van der Waals surface area contributed by atoms with Crippen LogP contribution in [-0.4, -0.2) is 80.0 Å². The number of thioether (sulfide) groups is 1. The summed E-state index contributed by atoms with van der Waals surface area (Å²) in [6.45, 7) is -0.650. The number of nitrogens with zero attached hydrogens (tertiary/aromatic N) is 1. The Hall–Kier alpha value is -1.29. The summed E-state index contributed by atoms with van der Waals surface area (Å²) in [4.78, 5) is 0. The molecule has 0 aromatic heterocycles. The predicted octanol–water partition coefficient (Wildman–Crippen LogP) is -1.22. The summed E-state index contributed by atoms with van der Waals surface area (Å²) < 4.78 is 39.6. The first-order valence-corrected chi connectivity index (χ1v) is 10.3. The van der Waals surface area contributed by atoms with Gasteiger partial charge in [-0.25, -0.2) is 4.28 Å². The molecule has 6 N–H and O–H groups in total. The fourth-order valence-corrected chi connectivity index (χ4v) is 3.79. The van der Waals surface area contributed by atoms with Gasteiger partial charge in [-0.3, -0.25) is 4.55 Å². The number of hydrogen-bond donors (Lipinski definition) is 6. The summed E-state index contributed by atoms with van der Waals surface area (Å²) >= 11 is 0.597. The second kappa shape index (κ2) is 9.96. The number of hydrogen-bond acceptors (Lipinski definition) is 11. The summed E-state index contributed by atoms with van der Waals surface area (Å²) in [6, 6.07) is 8.31. The average molecular weight is 439 g/mol. The molecule has 1 aliphatic rings. The van der Waals surface area contributed by atoms with E-state index in [-0.39, 0.29) is 11.5 Å². The van der Waals surface area contributed by atoms with Crippen molar-refractivity contribution in [1.29, 1.82) is 0 Å². The van der Waals surface area contributed by atoms with Gasteiger partial charge in [-0.05, 0) is 5.56 Å². The first kappa shape index (κ1) is 23.0. The van der Waals surface area contributed by atoms with E-state index in [0.717, 1.165) is 0 Å². The summed E-state index contributed by atoms with van der Waals surface area (Å²) in [5.74, 6) is 0. The first-order valence-electron chi connectivity index (χ1n) is 8.05. The van der Waals surface area contributed by atoms with Crippen molar-refractivity contribution in [3.63, 3.8) is 0 Å². The molecule has 1 aromatic carbocycles. The van der Waals surface area contributed by atoms with Crippen molar-refractivity contribution in [2.24, 2.45) is 5.16 Å². The van der Waals surface area contributed by atoms with E-state index in [2.05, 4.69) is 9.44 Å². The molecule has 0 unspecified atom stereocenters. The maximum atomic E-state index is 10.8. The van der Waals surface area contributed by atoms with Gasteiger partial charge in [-0.15, -0.1) is 0 Å². The Balaban J connectivity index is 2.19. The Morgan fingerprint density at radius 3 is 2.39 bits per heavy atom. The first-order chi connectivity index (χ1) is 13.1. The van der Waals surface area contributed by atoms with Crippen molar-refractivity contribution in [2.75, 3.05) is 6.61 Å². The lowest BCUT2D eigenvalue weighted by Gasteiger charge is -2.39. The molecule has 0 aliphatic carbocycles. The molecule has 0 saturated carbocycles. The Morgan fingerprint density at radius 1 is 1.18 bits per heavy atom. The smallest absolute Gasteiger partial charge is 0.394 e. The Bertz CT molecular complexity index is 757. The number of aliphatic hydroxyl groups excluding tert-OH is 5. The average Bonchev–Trinajstić information content (AvgIpc) is 2.66. The molecule has 11 nitrogen and oxygen atoms in total. The molecule has 0 bridgehead atoms. The SMILES string of the molecule is O=S(=O)(O)O/N=C(\C[C@H](O)c1ccccc1)S[C@@H]1O[C@H](CO)[C@@H](O)[C@H](O)[C@H]1O. The highest BCUT2D eigenvalue weighted by atomic mass is 32.3. The molecule has 2 rings (SSSR count). The van der Waals surface area contributed by atoms with Crippen LogP contribution in [0.3, 0.4) is 0 Å². The van der Waals surface area contributed by atoms with Crippen LogP contribution in [0.5, 0.6) is 0 Å². The van der Waals surface area contributed by atoms with Gasteiger partial charge in [0.2, 0.25) is 0 Å². The van der Waals surface area contributed by atoms with E-state index < -0.39 is 53.0 Å². The standard InChI is InChI=1S/C15H21NO10S2/c17-7-10-12(19)13(20)14(21)15(25-10)27-11(16-26-28(22,23)24)6-9(18)8-4-2-1-3-5-8/h1-5,9-10,12-15,17-21H,6-7H2,(H,22,23,24)/b16-11+/t9-,10+,12+,13-,14+,15-/m0/s1. The van der Waals surface area contributed by atoms with Crippen LogP contribution in [0.4, 0.5) is 0 Å². The van der Waals surface area contributed by atoms with Gasteiger partial charge >= 0.3 is 10.4 Å². The summed E-state index contributed by atoms with van der Waals surface area (Å²) in [5, 5.41) is 52.3. The van der Waals surface area contributed by atoms with Gasteiger partial charge in [-0.1, -0.05) is 47.2 Å². The second-order valence-corrected chi connectivity index (χ2v) is 8.11. The largest absolute Gasteiger partial charge is 0.466 e. The number of oxime groups is 1. The van der Waals surface area contributed by atoms with Gasteiger partial charge in [0.1, 0.15) is 34.9 Å². The molecule has 1 fully saturated rings. The summed E-state index contributed by atoms with van der Waals surface area (Å²) in [7, 11) is -4.92. The third kappa shape index (κ3) is 6.37. The fraction of sp³-hybridized carbons (Fsp3) is 0.533. The summed E-state index contributed by atoms with van der Waals surface area (Å²) in [6.07, 6.45) is -7.43. The maximum absolute atomic E-state index is 10.8. The third-order valence-electron chi connectivity index (χ3n) is 3.89. The number of rotatable bonds is 7. The quantitative estimate of drug-likeness (QED) is 0.129. The van der Waals surface area contributed by atoms with Gasteiger partial charge in [0.15, 0.2) is 0 Å². The topological polar surface area (TPSA) is 186 Å². The molecule has 0 spiro atoms. The van der Waals surface area contributed by atoms with Crippen molar-refractivity contribution in [2.45, 2.75) is 42.4 Å². The van der Waals surface area contributed by atoms with E-state index in [0.29, 0.717) is 17.3 Å². The zero-order chi connectivity index (χ0) is 20.9. The van der Waals surface area contributed by atoms with Crippen LogP contribution >= 0.6 is 11.8 Å². The van der Waals surface area contributed by atoms with Crippen molar-refractivity contribution >= 4 is 27.2 Å². The maximum Gasteiger partial charge on any atom is 0.466 e. The van der Waals surface area contributed by atoms with Crippen LogP contribution in [0.1, 0.15) is 18.1 Å². The van der Waals surface area contributed by atoms with Gasteiger partial charge in [0, 0.05) is 6.42 Å². The molecule has 0 amide bonds. The van der Waals surface area contributed by atoms with Crippen molar-refractivity contribution in [3.8, 4) is 0 Å². The molecule has 158 valence electrons. The van der Waals surface area contributed by atoms with E-state index >= 15 is 0 Å². The minimum atomic E-state index is -4.92. The highest BCUT2D eigenvalue weighted by Crippen LogP contribution is 2.32. The predicted molar refractivity (Wildman–Crippen MR) is 97.4 cm³/mol. The lowest BCUT2D eigenvalue weighted by Crippen LogP contribution is -2.57. The lowest BCUT2D eigenvalue weighted by molar-refractivity contribution is -0.205. The number of benzene rings is 1. The second-order valence-electron chi connectivity index (χ2n) is 5.93. The van der Waals surface area contributed by atoms with E-state index in [1.54, 1.807) is 30.3 Å². The zero-order valence-corrected chi connectivity index (χ0v) is 16.0. The molecule has 1 heterocycles. The van der Waals surface area contributed by atoms with E-state index in [1.807, 2.05) is 0 Å². The Labute approximate surface area is 165 Å². The third-order valence-corrected chi connectivity index (χ3v) is 5.28. The van der Waals surface area contributed by atoms with E-state index in [4.69, 9.17) is 9.29 Å². The molecule has 13 heteroatoms. The monoisotopic (exact) mass is 439 g/mol. The minimum absolute atomic E-state index is 0.196. The molecule has 1 aromatic rings. The van der Waals surface area contributed by atoms with Crippen LogP contribution < -0.4 is 0 Å². The molecule has 0 radical (unpaired) electrons. The van der Waals surface area contributed by atoms with Crippen LogP contribution in [0.2, 0.25) is 0 Å². The fourth-order valence-electron chi connectivity index (χ4n) is 2.45. The zero-order valence-electron chi connectivity index (χ0n) is 14.3. The molecule has 28 heavy (non-hydrogen) atoms. The molecule has 1 saturated heterocycles. The van der Waals surface area contributed by atoms with Crippen LogP contribution in [0.25, 0.3) is 0 Å². The van der Waals surface area contributed by atoms with Crippen LogP contribution in [0.15, 0.2) is 35.5 Å². The Kier molecular flexibility index (Phi) is 8.18.